The lowest BCUT2D eigenvalue weighted by Gasteiger charge is -2.21. The first-order chi connectivity index (χ1) is 15.0. The van der Waals surface area contributed by atoms with Crippen molar-refractivity contribution in [2.45, 2.75) is 32.2 Å². The summed E-state index contributed by atoms with van der Waals surface area (Å²) >= 11 is 2.30. The fourth-order valence-electron chi connectivity index (χ4n) is 3.78. The summed E-state index contributed by atoms with van der Waals surface area (Å²) in [6.45, 7) is 4.39. The highest BCUT2D eigenvalue weighted by Crippen LogP contribution is 2.27. The number of ketones is 1. The van der Waals surface area contributed by atoms with Crippen LogP contribution in [0.1, 0.15) is 53.7 Å². The van der Waals surface area contributed by atoms with Crippen molar-refractivity contribution in [3.63, 3.8) is 0 Å². The molecule has 4 rings (SSSR count). The number of rotatable bonds is 7. The zero-order valence-corrected chi connectivity index (χ0v) is 20.0. The van der Waals surface area contributed by atoms with E-state index in [0.717, 1.165) is 27.6 Å². The molecule has 0 fully saturated rings. The Balaban J connectivity index is 1.61. The molecule has 0 aliphatic carbocycles. The Bertz CT molecular complexity index is 1180. The van der Waals surface area contributed by atoms with Crippen molar-refractivity contribution in [1.82, 2.24) is 0 Å². The maximum absolute atomic E-state index is 13.3. The molecule has 31 heavy (non-hydrogen) atoms. The molecule has 0 aromatic heterocycles. The molecular weight excluding hydrogens is 493 g/mol. The normalized spacial score (nSPS) is 12.1. The number of fused-ring (bicyclic) bond motifs is 1. The van der Waals surface area contributed by atoms with Crippen LogP contribution in [0.5, 0.6) is 0 Å². The van der Waals surface area contributed by atoms with E-state index in [1.807, 2.05) is 30.3 Å². The van der Waals surface area contributed by atoms with E-state index in [2.05, 4.69) is 102 Å². The second kappa shape index (κ2) is 9.65. The van der Waals surface area contributed by atoms with Crippen LogP contribution in [-0.4, -0.2) is 5.78 Å². The molecule has 1 unspecified atom stereocenters. The van der Waals surface area contributed by atoms with Gasteiger partial charge in [-0.05, 0) is 80.7 Å². The predicted molar refractivity (Wildman–Crippen MR) is 139 cm³/mol. The summed E-state index contributed by atoms with van der Waals surface area (Å²) in [5.74, 6) is 0.623. The summed E-state index contributed by atoms with van der Waals surface area (Å²) in [6.07, 6.45) is 0.394. The van der Waals surface area contributed by atoms with Gasteiger partial charge < -0.3 is 5.32 Å². The minimum atomic E-state index is -0.0970. The number of carbonyl (C=O) groups excluding carboxylic acids is 1. The van der Waals surface area contributed by atoms with Gasteiger partial charge in [0.2, 0.25) is 0 Å². The summed E-state index contributed by atoms with van der Waals surface area (Å²) < 4.78 is 1.19. The third kappa shape index (κ3) is 5.34. The topological polar surface area (TPSA) is 29.1 Å². The summed E-state index contributed by atoms with van der Waals surface area (Å²) in [5.41, 5.74) is 4.20. The lowest BCUT2D eigenvalue weighted by atomic mass is 9.94. The van der Waals surface area contributed by atoms with Crippen molar-refractivity contribution in [2.75, 3.05) is 5.32 Å². The number of nitrogens with one attached hydrogen (secondary N) is 1. The standard InChI is InChI=1S/C28H26INO/c1-19(2)20-7-10-22(11-8-20)27(30-26-15-13-25(29)14-16-26)18-28(31)24-12-9-21-5-3-4-6-23(21)17-24/h3-17,19,27,30H,18H2,1-2H3. The van der Waals surface area contributed by atoms with E-state index in [1.165, 1.54) is 9.13 Å². The largest absolute Gasteiger partial charge is 0.378 e. The number of hydrogen-bond donors (Lipinski definition) is 1. The van der Waals surface area contributed by atoms with Crippen LogP contribution < -0.4 is 5.32 Å². The van der Waals surface area contributed by atoms with E-state index in [0.29, 0.717) is 12.3 Å². The first-order valence-corrected chi connectivity index (χ1v) is 11.7. The van der Waals surface area contributed by atoms with Gasteiger partial charge in [-0.25, -0.2) is 0 Å². The maximum Gasteiger partial charge on any atom is 0.165 e. The molecule has 4 aromatic rings. The van der Waals surface area contributed by atoms with Gasteiger partial charge in [0.25, 0.3) is 0 Å². The summed E-state index contributed by atoms with van der Waals surface area (Å²) in [4.78, 5) is 13.3. The molecule has 4 aromatic carbocycles. The Morgan fingerprint density at radius 1 is 0.806 bits per heavy atom. The van der Waals surface area contributed by atoms with Gasteiger partial charge in [-0.2, -0.15) is 0 Å². The summed E-state index contributed by atoms with van der Waals surface area (Å²) in [7, 11) is 0. The third-order valence-electron chi connectivity index (χ3n) is 5.65. The Labute approximate surface area is 197 Å². The highest BCUT2D eigenvalue weighted by Gasteiger charge is 2.18. The first kappa shape index (κ1) is 21.6. The minimum Gasteiger partial charge on any atom is -0.378 e. The van der Waals surface area contributed by atoms with Crippen molar-refractivity contribution in [1.29, 1.82) is 0 Å². The van der Waals surface area contributed by atoms with Gasteiger partial charge in [0.05, 0.1) is 6.04 Å². The van der Waals surface area contributed by atoms with Crippen molar-refractivity contribution in [3.05, 3.63) is 111 Å². The molecule has 0 saturated carbocycles. The molecule has 1 N–H and O–H groups in total. The molecule has 3 heteroatoms. The molecular formula is C28H26INO. The van der Waals surface area contributed by atoms with Crippen molar-refractivity contribution in [3.8, 4) is 0 Å². The monoisotopic (exact) mass is 519 g/mol. The van der Waals surface area contributed by atoms with Crippen LogP contribution in [-0.2, 0) is 0 Å². The molecule has 0 bridgehead atoms. The van der Waals surface area contributed by atoms with E-state index in [4.69, 9.17) is 0 Å². The predicted octanol–water partition coefficient (Wildman–Crippen LogP) is 7.99. The van der Waals surface area contributed by atoms with Crippen molar-refractivity contribution < 1.29 is 4.79 Å². The zero-order chi connectivity index (χ0) is 21.8. The molecule has 0 heterocycles. The van der Waals surface area contributed by atoms with Gasteiger partial charge in [-0.3, -0.25) is 4.79 Å². The van der Waals surface area contributed by atoms with Gasteiger partial charge in [0.1, 0.15) is 0 Å². The molecule has 156 valence electrons. The van der Waals surface area contributed by atoms with Gasteiger partial charge in [-0.1, -0.05) is 74.5 Å². The second-order valence-electron chi connectivity index (χ2n) is 8.21. The Morgan fingerprint density at radius 2 is 1.45 bits per heavy atom. The minimum absolute atomic E-state index is 0.0970. The zero-order valence-electron chi connectivity index (χ0n) is 17.8. The average Bonchev–Trinajstić information content (AvgIpc) is 2.79. The smallest absolute Gasteiger partial charge is 0.165 e. The number of Topliss-reactive ketones (excluding diaryl/α,β-unsaturated/α-hetero) is 1. The molecule has 0 aliphatic heterocycles. The number of anilines is 1. The fraction of sp³-hybridized carbons (Fsp3) is 0.179. The van der Waals surface area contributed by atoms with Crippen LogP contribution in [0, 0.1) is 3.57 Å². The SMILES string of the molecule is CC(C)c1ccc(C(CC(=O)c2ccc3ccccc3c2)Nc2ccc(I)cc2)cc1. The number of hydrogen-bond acceptors (Lipinski definition) is 2. The van der Waals surface area contributed by atoms with Crippen molar-refractivity contribution in [2.24, 2.45) is 0 Å². The van der Waals surface area contributed by atoms with Crippen LogP contribution in [0.15, 0.2) is 91.0 Å². The van der Waals surface area contributed by atoms with Crippen LogP contribution in [0.25, 0.3) is 10.8 Å². The third-order valence-corrected chi connectivity index (χ3v) is 6.37. The van der Waals surface area contributed by atoms with E-state index in [-0.39, 0.29) is 11.8 Å². The van der Waals surface area contributed by atoms with Crippen molar-refractivity contribution >= 4 is 44.8 Å². The Morgan fingerprint density at radius 3 is 2.13 bits per heavy atom. The van der Waals surface area contributed by atoms with Gasteiger partial charge in [0.15, 0.2) is 5.78 Å². The highest BCUT2D eigenvalue weighted by molar-refractivity contribution is 14.1. The molecule has 0 spiro atoms. The summed E-state index contributed by atoms with van der Waals surface area (Å²) in [6, 6.07) is 30.9. The van der Waals surface area contributed by atoms with Gasteiger partial charge in [0, 0.05) is 21.2 Å². The average molecular weight is 519 g/mol. The van der Waals surface area contributed by atoms with Crippen LogP contribution in [0.2, 0.25) is 0 Å². The molecule has 0 saturated heterocycles. The van der Waals surface area contributed by atoms with Crippen LogP contribution in [0.4, 0.5) is 5.69 Å². The molecule has 0 amide bonds. The van der Waals surface area contributed by atoms with E-state index in [1.54, 1.807) is 0 Å². The highest BCUT2D eigenvalue weighted by atomic mass is 127. The number of carbonyl (C=O) groups is 1. The van der Waals surface area contributed by atoms with E-state index < -0.39 is 0 Å². The Kier molecular flexibility index (Phi) is 6.71. The fourth-order valence-corrected chi connectivity index (χ4v) is 4.14. The lowest BCUT2D eigenvalue weighted by molar-refractivity contribution is 0.0976. The number of halogens is 1. The van der Waals surface area contributed by atoms with E-state index >= 15 is 0 Å². The number of benzene rings is 4. The molecule has 1 atom stereocenters. The van der Waals surface area contributed by atoms with Crippen LogP contribution >= 0.6 is 22.6 Å². The molecule has 0 aliphatic rings. The first-order valence-electron chi connectivity index (χ1n) is 10.6. The summed E-state index contributed by atoms with van der Waals surface area (Å²) in [5, 5.41) is 5.83. The van der Waals surface area contributed by atoms with E-state index in [9.17, 15) is 4.79 Å². The Hall–Kier alpha value is -2.66. The van der Waals surface area contributed by atoms with Crippen LogP contribution in [0.3, 0.4) is 0 Å². The lowest BCUT2D eigenvalue weighted by Crippen LogP contribution is -2.16. The van der Waals surface area contributed by atoms with Gasteiger partial charge >= 0.3 is 0 Å². The molecule has 0 radical (unpaired) electrons. The maximum atomic E-state index is 13.3. The van der Waals surface area contributed by atoms with Gasteiger partial charge in [-0.15, -0.1) is 0 Å². The quantitative estimate of drug-likeness (QED) is 0.198. The molecule has 2 nitrogen and oxygen atoms in total. The second-order valence-corrected chi connectivity index (χ2v) is 9.46.